The van der Waals surface area contributed by atoms with E-state index in [0.29, 0.717) is 6.54 Å². The Morgan fingerprint density at radius 3 is 2.23 bits per heavy atom. The summed E-state index contributed by atoms with van der Waals surface area (Å²) < 4.78 is 1.03. The van der Waals surface area contributed by atoms with Crippen molar-refractivity contribution < 1.29 is 4.79 Å². The second-order valence-electron chi connectivity index (χ2n) is 5.27. The molecule has 0 spiro atoms. The lowest BCUT2D eigenvalue weighted by Crippen LogP contribution is -2.36. The molecular formula is C18H21BrN2O. The van der Waals surface area contributed by atoms with Gasteiger partial charge in [-0.05, 0) is 42.2 Å². The summed E-state index contributed by atoms with van der Waals surface area (Å²) >= 11 is 3.39. The monoisotopic (exact) mass is 360 g/mol. The highest BCUT2D eigenvalue weighted by molar-refractivity contribution is 9.10. The first-order valence-corrected chi connectivity index (χ1v) is 8.25. The van der Waals surface area contributed by atoms with Gasteiger partial charge < -0.3 is 10.6 Å². The normalized spacial score (nSPS) is 11.8. The van der Waals surface area contributed by atoms with Crippen molar-refractivity contribution in [3.05, 3.63) is 69.7 Å². The van der Waals surface area contributed by atoms with Gasteiger partial charge >= 0.3 is 6.03 Å². The molecule has 0 heterocycles. The molecule has 0 aromatic heterocycles. The minimum Gasteiger partial charge on any atom is -0.334 e. The largest absolute Gasteiger partial charge is 0.334 e. The van der Waals surface area contributed by atoms with Crippen molar-refractivity contribution in [2.75, 3.05) is 0 Å². The molecule has 2 N–H and O–H groups in total. The number of hydrogen-bond acceptors (Lipinski definition) is 1. The molecule has 2 amide bonds. The lowest BCUT2D eigenvalue weighted by atomic mass is 10.1. The zero-order chi connectivity index (χ0) is 15.9. The Morgan fingerprint density at radius 2 is 1.64 bits per heavy atom. The molecule has 1 atom stereocenters. The van der Waals surface area contributed by atoms with Gasteiger partial charge in [0.1, 0.15) is 0 Å². The maximum Gasteiger partial charge on any atom is 0.315 e. The SMILES string of the molecule is CCc1ccc(C(C)NC(=O)NCc2ccc(Br)cc2)cc1. The van der Waals surface area contributed by atoms with E-state index in [4.69, 9.17) is 0 Å². The first-order chi connectivity index (χ1) is 10.6. The molecule has 2 rings (SSSR count). The average molecular weight is 361 g/mol. The number of urea groups is 1. The van der Waals surface area contributed by atoms with Gasteiger partial charge in [0, 0.05) is 11.0 Å². The molecule has 3 nitrogen and oxygen atoms in total. The molecule has 4 heteroatoms. The Bertz CT molecular complexity index is 608. The predicted molar refractivity (Wildman–Crippen MR) is 93.7 cm³/mol. The highest BCUT2D eigenvalue weighted by atomic mass is 79.9. The van der Waals surface area contributed by atoms with Gasteiger partial charge in [-0.15, -0.1) is 0 Å². The van der Waals surface area contributed by atoms with Crippen molar-refractivity contribution >= 4 is 22.0 Å². The van der Waals surface area contributed by atoms with E-state index in [1.807, 2.05) is 31.2 Å². The lowest BCUT2D eigenvalue weighted by Gasteiger charge is -2.15. The molecule has 0 saturated heterocycles. The third kappa shape index (κ3) is 4.88. The van der Waals surface area contributed by atoms with Crippen molar-refractivity contribution in [3.8, 4) is 0 Å². The van der Waals surface area contributed by atoms with Crippen LogP contribution in [0.2, 0.25) is 0 Å². The summed E-state index contributed by atoms with van der Waals surface area (Å²) in [4.78, 5) is 12.0. The van der Waals surface area contributed by atoms with Gasteiger partial charge in [0.25, 0.3) is 0 Å². The highest BCUT2D eigenvalue weighted by Crippen LogP contribution is 2.14. The molecule has 0 radical (unpaired) electrons. The number of nitrogens with one attached hydrogen (secondary N) is 2. The molecule has 0 bridgehead atoms. The van der Waals surface area contributed by atoms with Crippen LogP contribution in [-0.2, 0) is 13.0 Å². The quantitative estimate of drug-likeness (QED) is 0.805. The van der Waals surface area contributed by atoms with Gasteiger partial charge in [0.2, 0.25) is 0 Å². The topological polar surface area (TPSA) is 41.1 Å². The van der Waals surface area contributed by atoms with Gasteiger partial charge in [-0.2, -0.15) is 0 Å². The Morgan fingerprint density at radius 1 is 1.05 bits per heavy atom. The number of amides is 2. The Hall–Kier alpha value is -1.81. The van der Waals surface area contributed by atoms with Crippen molar-refractivity contribution in [2.24, 2.45) is 0 Å². The van der Waals surface area contributed by atoms with Crippen LogP contribution in [0.25, 0.3) is 0 Å². The van der Waals surface area contributed by atoms with Crippen LogP contribution in [0.3, 0.4) is 0 Å². The third-order valence-corrected chi connectivity index (χ3v) is 4.13. The number of rotatable bonds is 5. The fourth-order valence-corrected chi connectivity index (χ4v) is 2.42. The maximum atomic E-state index is 12.0. The Labute approximate surface area is 140 Å². The number of halogens is 1. The lowest BCUT2D eigenvalue weighted by molar-refractivity contribution is 0.237. The minimum absolute atomic E-state index is 0.0178. The zero-order valence-electron chi connectivity index (χ0n) is 12.9. The molecule has 22 heavy (non-hydrogen) atoms. The van der Waals surface area contributed by atoms with E-state index < -0.39 is 0 Å². The van der Waals surface area contributed by atoms with Crippen LogP contribution in [0.5, 0.6) is 0 Å². The van der Waals surface area contributed by atoms with Crippen LogP contribution in [0.1, 0.15) is 36.6 Å². The van der Waals surface area contributed by atoms with Crippen LogP contribution in [0.15, 0.2) is 53.0 Å². The Balaban J connectivity index is 1.83. The number of aryl methyl sites for hydroxylation is 1. The first-order valence-electron chi connectivity index (χ1n) is 7.46. The van der Waals surface area contributed by atoms with Gasteiger partial charge in [0.05, 0.1) is 6.04 Å². The van der Waals surface area contributed by atoms with Crippen molar-refractivity contribution in [1.82, 2.24) is 10.6 Å². The van der Waals surface area contributed by atoms with E-state index in [2.05, 4.69) is 57.8 Å². The number of carbonyl (C=O) groups excluding carboxylic acids is 1. The molecule has 0 fully saturated rings. The third-order valence-electron chi connectivity index (χ3n) is 3.60. The molecule has 116 valence electrons. The van der Waals surface area contributed by atoms with Crippen molar-refractivity contribution in [1.29, 1.82) is 0 Å². The molecule has 2 aromatic carbocycles. The number of carbonyl (C=O) groups is 1. The molecule has 1 unspecified atom stereocenters. The number of benzene rings is 2. The van der Waals surface area contributed by atoms with Crippen LogP contribution in [0.4, 0.5) is 4.79 Å². The summed E-state index contributed by atoms with van der Waals surface area (Å²) in [5.74, 6) is 0. The summed E-state index contributed by atoms with van der Waals surface area (Å²) in [6.45, 7) is 4.63. The van der Waals surface area contributed by atoms with Gasteiger partial charge in [0.15, 0.2) is 0 Å². The van der Waals surface area contributed by atoms with Crippen LogP contribution in [-0.4, -0.2) is 6.03 Å². The van der Waals surface area contributed by atoms with E-state index in [-0.39, 0.29) is 12.1 Å². The summed E-state index contributed by atoms with van der Waals surface area (Å²) in [5.41, 5.74) is 3.48. The van der Waals surface area contributed by atoms with Crippen molar-refractivity contribution in [2.45, 2.75) is 32.9 Å². The van der Waals surface area contributed by atoms with E-state index >= 15 is 0 Å². The van der Waals surface area contributed by atoms with E-state index in [1.165, 1.54) is 5.56 Å². The average Bonchev–Trinajstić information content (AvgIpc) is 2.54. The fourth-order valence-electron chi connectivity index (χ4n) is 2.16. The second kappa shape index (κ2) is 7.99. The van der Waals surface area contributed by atoms with Gasteiger partial charge in [-0.3, -0.25) is 0 Å². The first kappa shape index (κ1) is 16.6. The predicted octanol–water partition coefficient (Wildman–Crippen LogP) is 4.57. The van der Waals surface area contributed by atoms with Crippen LogP contribution < -0.4 is 10.6 Å². The molecule has 0 aliphatic rings. The van der Waals surface area contributed by atoms with E-state index in [9.17, 15) is 4.79 Å². The molecule has 0 aliphatic carbocycles. The summed E-state index contributed by atoms with van der Waals surface area (Å²) in [6, 6.07) is 16.1. The molecule has 0 aliphatic heterocycles. The smallest absolute Gasteiger partial charge is 0.315 e. The van der Waals surface area contributed by atoms with Gasteiger partial charge in [-0.25, -0.2) is 4.79 Å². The Kier molecular flexibility index (Phi) is 6.01. The second-order valence-corrected chi connectivity index (χ2v) is 6.19. The van der Waals surface area contributed by atoms with E-state index in [1.54, 1.807) is 0 Å². The van der Waals surface area contributed by atoms with Crippen LogP contribution >= 0.6 is 15.9 Å². The van der Waals surface area contributed by atoms with Gasteiger partial charge in [-0.1, -0.05) is 59.3 Å². The summed E-state index contributed by atoms with van der Waals surface area (Å²) in [7, 11) is 0. The van der Waals surface area contributed by atoms with E-state index in [0.717, 1.165) is 22.0 Å². The molecule has 0 saturated carbocycles. The number of hydrogen-bond donors (Lipinski definition) is 2. The molecular weight excluding hydrogens is 340 g/mol. The molecule has 2 aromatic rings. The van der Waals surface area contributed by atoms with Crippen molar-refractivity contribution in [3.63, 3.8) is 0 Å². The minimum atomic E-state index is -0.157. The zero-order valence-corrected chi connectivity index (χ0v) is 14.5. The standard InChI is InChI=1S/C18H21BrN2O/c1-3-14-4-8-16(9-5-14)13(2)21-18(22)20-12-15-6-10-17(19)11-7-15/h4-11,13H,3,12H2,1-2H3,(H2,20,21,22). The summed E-state index contributed by atoms with van der Waals surface area (Å²) in [6.07, 6.45) is 1.02. The van der Waals surface area contributed by atoms with Crippen LogP contribution in [0, 0.1) is 0 Å². The highest BCUT2D eigenvalue weighted by Gasteiger charge is 2.09. The maximum absolute atomic E-state index is 12.0. The fraction of sp³-hybridized carbons (Fsp3) is 0.278. The summed E-state index contributed by atoms with van der Waals surface area (Å²) in [5, 5.41) is 5.83.